The van der Waals surface area contributed by atoms with E-state index in [4.69, 9.17) is 0 Å². The summed E-state index contributed by atoms with van der Waals surface area (Å²) in [5, 5.41) is 4.00. The third-order valence-electron chi connectivity index (χ3n) is 4.43. The summed E-state index contributed by atoms with van der Waals surface area (Å²) in [6.45, 7) is 8.46. The van der Waals surface area contributed by atoms with Gasteiger partial charge in [-0.05, 0) is 62.3 Å². The van der Waals surface area contributed by atoms with Gasteiger partial charge < -0.3 is 0 Å². The zero-order chi connectivity index (χ0) is 17.8. The highest BCUT2D eigenvalue weighted by molar-refractivity contribution is 7.89. The van der Waals surface area contributed by atoms with Crippen molar-refractivity contribution in [3.05, 3.63) is 53.6 Å². The van der Waals surface area contributed by atoms with Crippen molar-refractivity contribution in [3.63, 3.8) is 0 Å². The van der Waals surface area contributed by atoms with Crippen molar-refractivity contribution < 1.29 is 8.42 Å². The Labute approximate surface area is 145 Å². The minimum absolute atomic E-state index is 0.155. The Balaban J connectivity index is 2.12. The highest BCUT2D eigenvalue weighted by atomic mass is 32.2. The van der Waals surface area contributed by atoms with Crippen LogP contribution in [0.4, 0.5) is 0 Å². The van der Waals surface area contributed by atoms with Crippen LogP contribution in [0.1, 0.15) is 47.0 Å². The molecule has 0 aromatic heterocycles. The molecule has 0 saturated carbocycles. The van der Waals surface area contributed by atoms with Gasteiger partial charge in [-0.3, -0.25) is 0 Å². The Morgan fingerprint density at radius 3 is 2.54 bits per heavy atom. The first-order chi connectivity index (χ1) is 11.2. The highest BCUT2D eigenvalue weighted by Crippen LogP contribution is 2.40. The largest absolute Gasteiger partial charge is 0.276 e. The van der Waals surface area contributed by atoms with Gasteiger partial charge in [0.2, 0.25) is 0 Å². The molecule has 24 heavy (non-hydrogen) atoms. The number of nitrogens with one attached hydrogen (secondary N) is 1. The van der Waals surface area contributed by atoms with E-state index in [-0.39, 0.29) is 10.3 Å². The Morgan fingerprint density at radius 1 is 1.25 bits per heavy atom. The topological polar surface area (TPSA) is 58.5 Å². The summed E-state index contributed by atoms with van der Waals surface area (Å²) in [6.07, 6.45) is 7.46. The second-order valence-electron chi connectivity index (χ2n) is 6.93. The number of rotatable bonds is 5. The van der Waals surface area contributed by atoms with Crippen molar-refractivity contribution in [2.24, 2.45) is 10.5 Å². The zero-order valence-corrected chi connectivity index (χ0v) is 15.7. The molecular formula is C19H26N2O2S. The van der Waals surface area contributed by atoms with Crippen LogP contribution < -0.4 is 4.83 Å². The fourth-order valence-electron chi connectivity index (χ4n) is 3.04. The molecule has 2 rings (SSSR count). The summed E-state index contributed by atoms with van der Waals surface area (Å²) in [6, 6.07) is 8.23. The molecule has 0 atom stereocenters. The molecule has 0 spiro atoms. The van der Waals surface area contributed by atoms with Crippen LogP contribution >= 0.6 is 0 Å². The molecule has 1 aliphatic rings. The summed E-state index contributed by atoms with van der Waals surface area (Å²) in [5.74, 6) is 0. The van der Waals surface area contributed by atoms with Crippen LogP contribution in [0.3, 0.4) is 0 Å². The molecular weight excluding hydrogens is 320 g/mol. The molecule has 5 heteroatoms. The van der Waals surface area contributed by atoms with Crippen LogP contribution in [0, 0.1) is 5.41 Å². The maximum atomic E-state index is 12.1. The summed E-state index contributed by atoms with van der Waals surface area (Å²) >= 11 is 0. The Morgan fingerprint density at radius 2 is 1.92 bits per heavy atom. The number of nitrogens with zero attached hydrogens (tertiary/aromatic N) is 1. The fourth-order valence-corrected chi connectivity index (χ4v) is 3.92. The molecule has 0 saturated heterocycles. The lowest BCUT2D eigenvalue weighted by atomic mass is 9.72. The zero-order valence-electron chi connectivity index (χ0n) is 14.8. The van der Waals surface area contributed by atoms with Crippen LogP contribution in [-0.2, 0) is 10.0 Å². The lowest BCUT2D eigenvalue weighted by Crippen LogP contribution is -2.20. The van der Waals surface area contributed by atoms with Crippen molar-refractivity contribution in [2.45, 2.75) is 51.9 Å². The summed E-state index contributed by atoms with van der Waals surface area (Å²) < 4.78 is 24.3. The van der Waals surface area contributed by atoms with E-state index in [0.717, 1.165) is 6.42 Å². The van der Waals surface area contributed by atoms with E-state index in [2.05, 4.69) is 36.8 Å². The van der Waals surface area contributed by atoms with Gasteiger partial charge in [-0.25, -0.2) is 0 Å². The smallest absolute Gasteiger partial charge is 0.200 e. The van der Waals surface area contributed by atoms with Gasteiger partial charge in [0.05, 0.1) is 10.6 Å². The molecule has 1 aromatic rings. The molecule has 1 N–H and O–H groups in total. The van der Waals surface area contributed by atoms with Gasteiger partial charge >= 0.3 is 0 Å². The molecule has 0 unspecified atom stereocenters. The maximum absolute atomic E-state index is 12.1. The van der Waals surface area contributed by atoms with E-state index < -0.39 is 10.0 Å². The monoisotopic (exact) mass is 346 g/mol. The van der Waals surface area contributed by atoms with E-state index in [0.29, 0.717) is 5.71 Å². The van der Waals surface area contributed by atoms with Crippen LogP contribution in [-0.4, -0.2) is 14.1 Å². The minimum Gasteiger partial charge on any atom is -0.200 e. The lowest BCUT2D eigenvalue weighted by Gasteiger charge is -2.32. The Bertz CT molecular complexity index is 773. The van der Waals surface area contributed by atoms with Crippen LogP contribution in [0.2, 0.25) is 0 Å². The van der Waals surface area contributed by atoms with E-state index >= 15 is 0 Å². The van der Waals surface area contributed by atoms with Gasteiger partial charge in [-0.1, -0.05) is 43.7 Å². The minimum atomic E-state index is -3.62. The van der Waals surface area contributed by atoms with Crippen molar-refractivity contribution in [2.75, 3.05) is 0 Å². The predicted molar refractivity (Wildman–Crippen MR) is 99.3 cm³/mol. The van der Waals surface area contributed by atoms with Gasteiger partial charge in [-0.2, -0.15) is 18.4 Å². The van der Waals surface area contributed by atoms with Crippen molar-refractivity contribution >= 4 is 15.7 Å². The first-order valence-corrected chi connectivity index (χ1v) is 9.70. The molecule has 0 heterocycles. The van der Waals surface area contributed by atoms with E-state index in [1.165, 1.54) is 24.0 Å². The van der Waals surface area contributed by atoms with Crippen LogP contribution in [0.15, 0.2) is 63.6 Å². The van der Waals surface area contributed by atoms with E-state index in [1.54, 1.807) is 37.3 Å². The summed E-state index contributed by atoms with van der Waals surface area (Å²) in [5.41, 5.74) is 3.51. The first-order valence-electron chi connectivity index (χ1n) is 8.22. The Hall–Kier alpha value is -1.88. The Kier molecular flexibility index (Phi) is 5.65. The van der Waals surface area contributed by atoms with Gasteiger partial charge in [-0.15, -0.1) is 0 Å². The predicted octanol–water partition coefficient (Wildman–Crippen LogP) is 4.42. The quantitative estimate of drug-likeness (QED) is 0.633. The van der Waals surface area contributed by atoms with Crippen molar-refractivity contribution in [1.29, 1.82) is 0 Å². The SMILES string of the molecule is CC1=C(/C=C/C(C)=N/NS(=O)(=O)c2ccccc2)C(C)(C)CCC1. The van der Waals surface area contributed by atoms with Crippen LogP contribution in [0.25, 0.3) is 0 Å². The molecule has 1 aliphatic carbocycles. The summed E-state index contributed by atoms with van der Waals surface area (Å²) in [7, 11) is -3.62. The maximum Gasteiger partial charge on any atom is 0.276 e. The standard InChI is InChI=1S/C19H26N2O2S/c1-15-9-8-14-19(3,4)18(15)13-12-16(2)20-21-24(22,23)17-10-6-5-7-11-17/h5-7,10-13,21H,8-9,14H2,1-4H3/b13-12+,20-16+. The average Bonchev–Trinajstić information content (AvgIpc) is 2.53. The number of hydrogen-bond acceptors (Lipinski definition) is 3. The van der Waals surface area contributed by atoms with Crippen molar-refractivity contribution in [1.82, 2.24) is 4.83 Å². The average molecular weight is 346 g/mol. The molecule has 0 radical (unpaired) electrons. The van der Waals surface area contributed by atoms with Crippen molar-refractivity contribution in [3.8, 4) is 0 Å². The van der Waals surface area contributed by atoms with Gasteiger partial charge in [0, 0.05) is 0 Å². The molecule has 0 bridgehead atoms. The van der Waals surface area contributed by atoms with E-state index in [1.807, 2.05) is 6.08 Å². The molecule has 0 fully saturated rings. The third kappa shape index (κ3) is 4.57. The fraction of sp³-hybridized carbons (Fsp3) is 0.421. The highest BCUT2D eigenvalue weighted by Gasteiger charge is 2.26. The number of hydrazone groups is 1. The normalized spacial score (nSPS) is 18.9. The molecule has 1 aromatic carbocycles. The molecule has 130 valence electrons. The number of sulfonamides is 1. The number of hydrogen-bond donors (Lipinski definition) is 1. The number of benzene rings is 1. The molecule has 4 nitrogen and oxygen atoms in total. The summed E-state index contributed by atoms with van der Waals surface area (Å²) in [4.78, 5) is 2.49. The van der Waals surface area contributed by atoms with Gasteiger partial charge in [0.15, 0.2) is 0 Å². The lowest BCUT2D eigenvalue weighted by molar-refractivity contribution is 0.377. The van der Waals surface area contributed by atoms with E-state index in [9.17, 15) is 8.42 Å². The van der Waals surface area contributed by atoms with Gasteiger partial charge in [0.25, 0.3) is 10.0 Å². The second-order valence-corrected chi connectivity index (χ2v) is 8.59. The second kappa shape index (κ2) is 7.34. The van der Waals surface area contributed by atoms with Gasteiger partial charge in [0.1, 0.15) is 0 Å². The third-order valence-corrected chi connectivity index (χ3v) is 5.65. The molecule has 0 aliphatic heterocycles. The first kappa shape index (κ1) is 18.5. The molecule has 0 amide bonds. The van der Waals surface area contributed by atoms with Crippen LogP contribution in [0.5, 0.6) is 0 Å². The number of allylic oxidation sites excluding steroid dienone is 4.